The van der Waals surface area contributed by atoms with Crippen LogP contribution in [0.3, 0.4) is 0 Å². The van der Waals surface area contributed by atoms with Crippen LogP contribution in [0.15, 0.2) is 16.7 Å². The van der Waals surface area contributed by atoms with Gasteiger partial charge in [0.1, 0.15) is 5.82 Å². The van der Waals surface area contributed by atoms with Crippen LogP contribution in [0.25, 0.3) is 0 Å². The predicted octanol–water partition coefficient (Wildman–Crippen LogP) is 3.08. The zero-order valence-corrected chi connectivity index (χ0v) is 11.9. The van der Waals surface area contributed by atoms with Gasteiger partial charge in [-0.25, -0.2) is 4.98 Å². The Hall–Kier alpha value is -0.610. The van der Waals surface area contributed by atoms with Crippen LogP contribution >= 0.6 is 15.9 Å². The van der Waals surface area contributed by atoms with Crippen LogP contribution in [0, 0.1) is 12.3 Å². The summed E-state index contributed by atoms with van der Waals surface area (Å²) in [5.41, 5.74) is 7.39. The Kier molecular flexibility index (Phi) is 4.05. The summed E-state index contributed by atoms with van der Waals surface area (Å²) in [6, 6.07) is 2.08. The molecule has 1 aromatic heterocycles. The molecule has 0 saturated heterocycles. The number of aromatic nitrogens is 1. The maximum atomic E-state index is 5.93. The molecule has 0 bridgehead atoms. The van der Waals surface area contributed by atoms with Crippen molar-refractivity contribution in [3.05, 3.63) is 22.3 Å². The van der Waals surface area contributed by atoms with Crippen molar-refractivity contribution in [2.24, 2.45) is 11.1 Å². The summed E-state index contributed by atoms with van der Waals surface area (Å²) in [5, 5.41) is 3.46. The summed E-state index contributed by atoms with van der Waals surface area (Å²) in [6.45, 7) is 3.79. The fourth-order valence-electron chi connectivity index (χ4n) is 2.57. The summed E-state index contributed by atoms with van der Waals surface area (Å²) < 4.78 is 1.02. The molecule has 4 heteroatoms. The van der Waals surface area contributed by atoms with E-state index in [4.69, 9.17) is 5.73 Å². The first-order valence-electron chi connectivity index (χ1n) is 6.21. The van der Waals surface area contributed by atoms with Gasteiger partial charge in [-0.2, -0.15) is 0 Å². The molecule has 0 unspecified atom stereocenters. The van der Waals surface area contributed by atoms with Crippen LogP contribution in [0.2, 0.25) is 0 Å². The first-order valence-corrected chi connectivity index (χ1v) is 7.01. The first-order chi connectivity index (χ1) is 8.15. The average Bonchev–Trinajstić information content (AvgIpc) is 2.77. The average molecular weight is 298 g/mol. The van der Waals surface area contributed by atoms with E-state index >= 15 is 0 Å². The Bertz CT molecular complexity index is 386. The molecule has 0 amide bonds. The topological polar surface area (TPSA) is 50.9 Å². The van der Waals surface area contributed by atoms with Gasteiger partial charge in [0.15, 0.2) is 0 Å². The maximum Gasteiger partial charge on any atom is 0.128 e. The molecule has 0 aromatic carbocycles. The van der Waals surface area contributed by atoms with Crippen molar-refractivity contribution in [2.45, 2.75) is 32.6 Å². The molecule has 1 aliphatic carbocycles. The normalized spacial score (nSPS) is 18.3. The quantitative estimate of drug-likeness (QED) is 0.898. The Balaban J connectivity index is 2.01. The van der Waals surface area contributed by atoms with E-state index in [9.17, 15) is 0 Å². The highest BCUT2D eigenvalue weighted by atomic mass is 79.9. The lowest BCUT2D eigenvalue weighted by atomic mass is 9.86. The fraction of sp³-hybridized carbons (Fsp3) is 0.615. The van der Waals surface area contributed by atoms with E-state index in [1.54, 1.807) is 0 Å². The van der Waals surface area contributed by atoms with E-state index in [1.807, 2.05) is 6.20 Å². The molecular weight excluding hydrogens is 278 g/mol. The molecule has 0 radical (unpaired) electrons. The minimum Gasteiger partial charge on any atom is -0.369 e. The van der Waals surface area contributed by atoms with Crippen molar-refractivity contribution in [3.8, 4) is 0 Å². The lowest BCUT2D eigenvalue weighted by molar-refractivity contribution is 0.332. The van der Waals surface area contributed by atoms with Gasteiger partial charge in [-0.15, -0.1) is 0 Å². The van der Waals surface area contributed by atoms with Gasteiger partial charge in [0, 0.05) is 17.2 Å². The predicted molar refractivity (Wildman–Crippen MR) is 75.1 cm³/mol. The second-order valence-corrected chi connectivity index (χ2v) is 6.00. The van der Waals surface area contributed by atoms with E-state index in [1.165, 1.54) is 31.2 Å². The van der Waals surface area contributed by atoms with Crippen LogP contribution in [-0.4, -0.2) is 18.1 Å². The molecule has 0 spiro atoms. The maximum absolute atomic E-state index is 5.93. The van der Waals surface area contributed by atoms with E-state index in [-0.39, 0.29) is 0 Å². The second kappa shape index (κ2) is 5.36. The number of nitrogens with two attached hydrogens (primary N) is 1. The highest BCUT2D eigenvalue weighted by Crippen LogP contribution is 2.37. The first kappa shape index (κ1) is 12.8. The molecule has 94 valence electrons. The largest absolute Gasteiger partial charge is 0.369 e. The lowest BCUT2D eigenvalue weighted by Gasteiger charge is -2.28. The van der Waals surface area contributed by atoms with Crippen LogP contribution in [0.5, 0.6) is 0 Å². The Morgan fingerprint density at radius 3 is 2.76 bits per heavy atom. The van der Waals surface area contributed by atoms with E-state index in [0.29, 0.717) is 5.41 Å². The molecule has 1 saturated carbocycles. The van der Waals surface area contributed by atoms with Gasteiger partial charge in [-0.3, -0.25) is 0 Å². The van der Waals surface area contributed by atoms with Crippen LogP contribution < -0.4 is 11.1 Å². The highest BCUT2D eigenvalue weighted by molar-refractivity contribution is 9.10. The number of nitrogens with one attached hydrogen (secondary N) is 1. The number of anilines is 1. The summed E-state index contributed by atoms with van der Waals surface area (Å²) in [4.78, 5) is 4.41. The molecule has 2 rings (SSSR count). The van der Waals surface area contributed by atoms with Crippen LogP contribution in [0.1, 0.15) is 31.2 Å². The van der Waals surface area contributed by atoms with Gasteiger partial charge in [0.2, 0.25) is 0 Å². The summed E-state index contributed by atoms with van der Waals surface area (Å²) >= 11 is 3.43. The third kappa shape index (κ3) is 2.99. The van der Waals surface area contributed by atoms with Crippen LogP contribution in [-0.2, 0) is 0 Å². The van der Waals surface area contributed by atoms with Gasteiger partial charge in [-0.05, 0) is 59.3 Å². The standard InChI is InChI=1S/C13H20BrN3/c1-10-6-11(14)7-16-12(10)17-9-13(8-15)4-2-3-5-13/h6-7H,2-5,8-9,15H2,1H3,(H,16,17). The number of halogens is 1. The Labute approximate surface area is 111 Å². The third-order valence-electron chi connectivity index (χ3n) is 3.77. The fourth-order valence-corrected chi connectivity index (χ4v) is 3.02. The lowest BCUT2D eigenvalue weighted by Crippen LogP contribution is -2.34. The number of rotatable bonds is 4. The molecule has 1 fully saturated rings. The summed E-state index contributed by atoms with van der Waals surface area (Å²) in [5.74, 6) is 0.980. The zero-order valence-electron chi connectivity index (χ0n) is 10.3. The van der Waals surface area contributed by atoms with Crippen LogP contribution in [0.4, 0.5) is 5.82 Å². The van der Waals surface area contributed by atoms with E-state index < -0.39 is 0 Å². The Morgan fingerprint density at radius 1 is 1.47 bits per heavy atom. The molecule has 3 N–H and O–H groups in total. The molecule has 1 heterocycles. The van der Waals surface area contributed by atoms with Crippen molar-refractivity contribution in [1.82, 2.24) is 4.98 Å². The number of hydrogen-bond acceptors (Lipinski definition) is 3. The molecule has 1 aromatic rings. The SMILES string of the molecule is Cc1cc(Br)cnc1NCC1(CN)CCCC1. The van der Waals surface area contributed by atoms with E-state index in [2.05, 4.69) is 39.2 Å². The number of pyridine rings is 1. The van der Waals surface area contributed by atoms with Gasteiger partial charge in [-0.1, -0.05) is 12.8 Å². The number of hydrogen-bond donors (Lipinski definition) is 2. The van der Waals surface area contributed by atoms with E-state index in [0.717, 1.165) is 23.4 Å². The molecule has 1 aliphatic rings. The monoisotopic (exact) mass is 297 g/mol. The van der Waals surface area contributed by atoms with Gasteiger partial charge in [0.25, 0.3) is 0 Å². The van der Waals surface area contributed by atoms with Gasteiger partial charge < -0.3 is 11.1 Å². The minimum absolute atomic E-state index is 0.293. The van der Waals surface area contributed by atoms with Crippen molar-refractivity contribution in [3.63, 3.8) is 0 Å². The number of aryl methyl sites for hydroxylation is 1. The molecule has 0 aliphatic heterocycles. The smallest absolute Gasteiger partial charge is 0.128 e. The van der Waals surface area contributed by atoms with Crippen molar-refractivity contribution >= 4 is 21.7 Å². The van der Waals surface area contributed by atoms with Crippen molar-refractivity contribution < 1.29 is 0 Å². The highest BCUT2D eigenvalue weighted by Gasteiger charge is 2.32. The van der Waals surface area contributed by atoms with Gasteiger partial charge >= 0.3 is 0 Å². The molecule has 17 heavy (non-hydrogen) atoms. The van der Waals surface area contributed by atoms with Crippen molar-refractivity contribution in [1.29, 1.82) is 0 Å². The summed E-state index contributed by atoms with van der Waals surface area (Å²) in [7, 11) is 0. The minimum atomic E-state index is 0.293. The number of nitrogens with zero attached hydrogens (tertiary/aromatic N) is 1. The molecule has 0 atom stereocenters. The van der Waals surface area contributed by atoms with Crippen molar-refractivity contribution in [2.75, 3.05) is 18.4 Å². The third-order valence-corrected chi connectivity index (χ3v) is 4.21. The van der Waals surface area contributed by atoms with Gasteiger partial charge in [0.05, 0.1) is 0 Å². The molecular formula is C13H20BrN3. The Morgan fingerprint density at radius 2 is 2.18 bits per heavy atom. The zero-order chi connectivity index (χ0) is 12.3. The second-order valence-electron chi connectivity index (χ2n) is 5.08. The molecule has 3 nitrogen and oxygen atoms in total. The summed E-state index contributed by atoms with van der Waals surface area (Å²) in [6.07, 6.45) is 6.94.